The summed E-state index contributed by atoms with van der Waals surface area (Å²) < 4.78 is 28.1. The zero-order valence-electron chi connectivity index (χ0n) is 15.0. The zero-order chi connectivity index (χ0) is 21.0. The quantitative estimate of drug-likeness (QED) is 0.454. The van der Waals surface area contributed by atoms with Crippen LogP contribution < -0.4 is 0 Å². The average Bonchev–Trinajstić information content (AvgIpc) is 2.71. The van der Waals surface area contributed by atoms with Crippen LogP contribution in [0.1, 0.15) is 16.7 Å². The van der Waals surface area contributed by atoms with E-state index in [1.165, 1.54) is 22.5 Å². The Balaban J connectivity index is 2.07. The Morgan fingerprint density at radius 2 is 1.41 bits per heavy atom. The predicted octanol–water partition coefficient (Wildman–Crippen LogP) is 5.91. The van der Waals surface area contributed by atoms with Crippen LogP contribution in [-0.2, 0) is 23.1 Å². The highest BCUT2D eigenvalue weighted by Crippen LogP contribution is 2.29. The number of hydrogen-bond donors (Lipinski definition) is 0. The van der Waals surface area contributed by atoms with Gasteiger partial charge in [0.15, 0.2) is 0 Å². The number of hydrogen-bond acceptors (Lipinski definition) is 3. The molecular weight excluding hydrogens is 451 g/mol. The second-order valence-corrected chi connectivity index (χ2v) is 9.37. The Morgan fingerprint density at radius 3 is 2.07 bits per heavy atom. The highest BCUT2D eigenvalue weighted by atomic mass is 35.5. The van der Waals surface area contributed by atoms with Gasteiger partial charge in [-0.15, -0.1) is 0 Å². The van der Waals surface area contributed by atoms with E-state index in [0.29, 0.717) is 21.7 Å². The summed E-state index contributed by atoms with van der Waals surface area (Å²) in [5.41, 5.74) is 1.64. The van der Waals surface area contributed by atoms with Gasteiger partial charge in [0.25, 0.3) is 0 Å². The summed E-state index contributed by atoms with van der Waals surface area (Å²) in [6, 6.07) is 20.1. The molecule has 0 aliphatic carbocycles. The number of halogens is 3. The van der Waals surface area contributed by atoms with Crippen LogP contribution in [0.4, 0.5) is 0 Å². The molecule has 29 heavy (non-hydrogen) atoms. The van der Waals surface area contributed by atoms with Crippen molar-refractivity contribution < 1.29 is 8.42 Å². The molecule has 0 aromatic heterocycles. The van der Waals surface area contributed by atoms with Gasteiger partial charge < -0.3 is 0 Å². The molecule has 0 atom stereocenters. The van der Waals surface area contributed by atoms with Crippen LogP contribution in [0.3, 0.4) is 0 Å². The molecule has 0 saturated carbocycles. The number of sulfonamides is 1. The molecule has 0 N–H and O–H groups in total. The van der Waals surface area contributed by atoms with Crippen LogP contribution in [0.2, 0.25) is 15.1 Å². The molecular formula is C21H15Cl3N2O2S. The van der Waals surface area contributed by atoms with Crippen molar-refractivity contribution in [1.29, 1.82) is 5.26 Å². The topological polar surface area (TPSA) is 61.2 Å². The zero-order valence-corrected chi connectivity index (χ0v) is 18.1. The molecule has 3 rings (SSSR count). The number of nitrogens with zero attached hydrogens (tertiary/aromatic N) is 2. The second kappa shape index (κ2) is 9.17. The van der Waals surface area contributed by atoms with Crippen molar-refractivity contribution in [3.8, 4) is 6.07 Å². The third kappa shape index (κ3) is 4.92. The Kier molecular flexibility index (Phi) is 6.84. The molecule has 0 bridgehead atoms. The van der Waals surface area contributed by atoms with E-state index in [-0.39, 0.29) is 28.0 Å². The minimum Gasteiger partial charge on any atom is -0.207 e. The molecule has 3 aromatic carbocycles. The van der Waals surface area contributed by atoms with Gasteiger partial charge in [-0.05, 0) is 41.5 Å². The molecule has 148 valence electrons. The summed E-state index contributed by atoms with van der Waals surface area (Å²) in [6.45, 7) is 0.0273. The first-order valence-electron chi connectivity index (χ1n) is 8.49. The van der Waals surface area contributed by atoms with E-state index in [4.69, 9.17) is 34.8 Å². The number of rotatable bonds is 6. The maximum absolute atomic E-state index is 13.4. The molecule has 0 saturated heterocycles. The van der Waals surface area contributed by atoms with Crippen molar-refractivity contribution in [3.05, 3.63) is 98.5 Å². The van der Waals surface area contributed by atoms with Gasteiger partial charge in [0.2, 0.25) is 10.0 Å². The van der Waals surface area contributed by atoms with Crippen molar-refractivity contribution in [2.45, 2.75) is 18.0 Å². The molecule has 0 radical (unpaired) electrons. The Morgan fingerprint density at radius 1 is 0.793 bits per heavy atom. The van der Waals surface area contributed by atoms with Gasteiger partial charge in [-0.3, -0.25) is 0 Å². The predicted molar refractivity (Wildman–Crippen MR) is 116 cm³/mol. The Labute approximate surface area is 184 Å². The summed E-state index contributed by atoms with van der Waals surface area (Å²) >= 11 is 18.2. The van der Waals surface area contributed by atoms with Gasteiger partial charge in [-0.1, -0.05) is 71.2 Å². The summed E-state index contributed by atoms with van der Waals surface area (Å²) in [5, 5.41) is 10.2. The summed E-state index contributed by atoms with van der Waals surface area (Å²) in [5.74, 6) is 0. The fourth-order valence-electron chi connectivity index (χ4n) is 2.79. The molecule has 0 unspecified atom stereocenters. The van der Waals surface area contributed by atoms with Crippen LogP contribution in [0, 0.1) is 11.3 Å². The lowest BCUT2D eigenvalue weighted by Crippen LogP contribution is -2.30. The normalized spacial score (nSPS) is 11.4. The first-order valence-corrected chi connectivity index (χ1v) is 11.1. The Bertz CT molecular complexity index is 1190. The highest BCUT2D eigenvalue weighted by molar-refractivity contribution is 7.89. The van der Waals surface area contributed by atoms with E-state index in [0.717, 1.165) is 0 Å². The van der Waals surface area contributed by atoms with Crippen molar-refractivity contribution in [1.82, 2.24) is 4.31 Å². The lowest BCUT2D eigenvalue weighted by Gasteiger charge is -2.23. The van der Waals surface area contributed by atoms with Crippen molar-refractivity contribution >= 4 is 44.8 Å². The van der Waals surface area contributed by atoms with Crippen LogP contribution >= 0.6 is 34.8 Å². The van der Waals surface area contributed by atoms with E-state index >= 15 is 0 Å². The van der Waals surface area contributed by atoms with Crippen molar-refractivity contribution in [2.75, 3.05) is 0 Å². The Hall–Kier alpha value is -2.07. The molecule has 3 aromatic rings. The average molecular weight is 466 g/mol. The largest absolute Gasteiger partial charge is 0.243 e. The first-order chi connectivity index (χ1) is 13.8. The number of benzene rings is 3. The summed E-state index contributed by atoms with van der Waals surface area (Å²) in [7, 11) is -3.96. The molecule has 4 nitrogen and oxygen atoms in total. The lowest BCUT2D eigenvalue weighted by atomic mass is 10.1. The highest BCUT2D eigenvalue weighted by Gasteiger charge is 2.27. The van der Waals surface area contributed by atoms with E-state index in [1.54, 1.807) is 48.5 Å². The van der Waals surface area contributed by atoms with E-state index in [9.17, 15) is 13.7 Å². The minimum absolute atomic E-state index is 0.00245. The van der Waals surface area contributed by atoms with Gasteiger partial charge in [0.1, 0.15) is 0 Å². The maximum atomic E-state index is 13.4. The fraction of sp³-hybridized carbons (Fsp3) is 0.0952. The molecule has 0 spiro atoms. The maximum Gasteiger partial charge on any atom is 0.243 e. The minimum atomic E-state index is -3.96. The van der Waals surface area contributed by atoms with Crippen LogP contribution in [0.25, 0.3) is 0 Å². The monoisotopic (exact) mass is 464 g/mol. The van der Waals surface area contributed by atoms with Gasteiger partial charge in [0.05, 0.1) is 26.6 Å². The van der Waals surface area contributed by atoms with E-state index in [2.05, 4.69) is 6.07 Å². The molecule has 0 aliphatic rings. The van der Waals surface area contributed by atoms with E-state index in [1.807, 2.05) is 0 Å². The van der Waals surface area contributed by atoms with Crippen LogP contribution in [0.15, 0.2) is 71.6 Å². The van der Waals surface area contributed by atoms with Gasteiger partial charge in [-0.2, -0.15) is 9.57 Å². The SMILES string of the molecule is N#Cc1ccccc1CN(Cc1ccccc1Cl)S(=O)(=O)c1ccc(Cl)c(Cl)c1. The van der Waals surface area contributed by atoms with Crippen molar-refractivity contribution in [2.24, 2.45) is 0 Å². The molecule has 0 fully saturated rings. The first kappa shape index (κ1) is 21.6. The smallest absolute Gasteiger partial charge is 0.207 e. The number of nitriles is 1. The molecule has 8 heteroatoms. The molecule has 0 aliphatic heterocycles. The molecule has 0 heterocycles. The molecule has 0 amide bonds. The fourth-order valence-corrected chi connectivity index (χ4v) is 4.77. The van der Waals surface area contributed by atoms with Gasteiger partial charge >= 0.3 is 0 Å². The standard InChI is InChI=1S/C21H15Cl3N2O2S/c22-19-8-4-3-7-17(19)14-26(13-16-6-2-1-5-15(16)12-25)29(27,28)18-9-10-20(23)21(24)11-18/h1-11H,13-14H2. The van der Waals surface area contributed by atoms with Gasteiger partial charge in [0, 0.05) is 18.1 Å². The van der Waals surface area contributed by atoms with Crippen LogP contribution in [-0.4, -0.2) is 12.7 Å². The summed E-state index contributed by atoms with van der Waals surface area (Å²) in [6.07, 6.45) is 0. The third-order valence-corrected chi connectivity index (χ3v) is 7.21. The van der Waals surface area contributed by atoms with Crippen LogP contribution in [0.5, 0.6) is 0 Å². The second-order valence-electron chi connectivity index (χ2n) is 6.21. The van der Waals surface area contributed by atoms with Gasteiger partial charge in [-0.25, -0.2) is 8.42 Å². The van der Waals surface area contributed by atoms with E-state index < -0.39 is 10.0 Å². The van der Waals surface area contributed by atoms with Crippen molar-refractivity contribution in [3.63, 3.8) is 0 Å². The lowest BCUT2D eigenvalue weighted by molar-refractivity contribution is 0.401. The third-order valence-electron chi connectivity index (χ3n) is 4.32. The summed E-state index contributed by atoms with van der Waals surface area (Å²) in [4.78, 5) is 0.00777.